The monoisotopic (exact) mass is 312 g/mol. The lowest BCUT2D eigenvalue weighted by atomic mass is 10.1. The molecule has 1 heterocycles. The second kappa shape index (κ2) is 6.67. The minimum Gasteiger partial charge on any atom is -0.454 e. The molecule has 21 heavy (non-hydrogen) atoms. The van der Waals surface area contributed by atoms with Crippen molar-refractivity contribution in [2.24, 2.45) is 0 Å². The number of amides is 2. The third kappa shape index (κ3) is 3.39. The van der Waals surface area contributed by atoms with Crippen LogP contribution in [0.3, 0.4) is 0 Å². The van der Waals surface area contributed by atoms with Crippen molar-refractivity contribution in [3.05, 3.63) is 22.7 Å². The summed E-state index contributed by atoms with van der Waals surface area (Å²) in [6.45, 7) is 4.68. The maximum absolute atomic E-state index is 12.5. The Morgan fingerprint density at radius 2 is 2.10 bits per heavy atom. The summed E-state index contributed by atoms with van der Waals surface area (Å²) in [5, 5.41) is 2.99. The Bertz CT molecular complexity index is 562. The third-order valence-corrected chi connectivity index (χ3v) is 3.33. The number of benzene rings is 1. The van der Waals surface area contributed by atoms with Crippen molar-refractivity contribution in [3.8, 4) is 11.5 Å². The first-order valence-electron chi connectivity index (χ1n) is 6.71. The number of ether oxygens (including phenoxy) is 2. The van der Waals surface area contributed by atoms with Crippen molar-refractivity contribution in [1.82, 2.24) is 10.2 Å². The minimum absolute atomic E-state index is 0.00916. The summed E-state index contributed by atoms with van der Waals surface area (Å²) in [5.74, 6) is 0.420. The van der Waals surface area contributed by atoms with Gasteiger partial charge in [-0.15, -0.1) is 0 Å². The van der Waals surface area contributed by atoms with Crippen molar-refractivity contribution < 1.29 is 19.1 Å². The molecule has 1 aromatic carbocycles. The second-order valence-electron chi connectivity index (χ2n) is 4.46. The quantitative estimate of drug-likeness (QED) is 0.898. The van der Waals surface area contributed by atoms with Crippen molar-refractivity contribution in [2.45, 2.75) is 13.8 Å². The number of rotatable bonds is 5. The van der Waals surface area contributed by atoms with Gasteiger partial charge in [0.25, 0.3) is 5.91 Å². The van der Waals surface area contributed by atoms with Gasteiger partial charge in [-0.25, -0.2) is 0 Å². The van der Waals surface area contributed by atoms with Gasteiger partial charge in [-0.2, -0.15) is 0 Å². The summed E-state index contributed by atoms with van der Waals surface area (Å²) in [6.07, 6.45) is 0. The Balaban J connectivity index is 2.18. The third-order valence-electron chi connectivity index (χ3n) is 3.05. The predicted molar refractivity (Wildman–Crippen MR) is 77.8 cm³/mol. The van der Waals surface area contributed by atoms with Crippen LogP contribution in [0.5, 0.6) is 11.5 Å². The van der Waals surface area contributed by atoms with E-state index in [1.54, 1.807) is 6.07 Å². The van der Waals surface area contributed by atoms with Gasteiger partial charge in [0, 0.05) is 18.7 Å². The molecule has 1 aliphatic rings. The van der Waals surface area contributed by atoms with Gasteiger partial charge < -0.3 is 19.7 Å². The highest BCUT2D eigenvalue weighted by molar-refractivity contribution is 6.32. The number of carbonyl (C=O) groups is 2. The number of nitrogens with one attached hydrogen (secondary N) is 1. The molecule has 0 unspecified atom stereocenters. The molecule has 1 N–H and O–H groups in total. The van der Waals surface area contributed by atoms with Crippen LogP contribution in [-0.4, -0.2) is 43.1 Å². The summed E-state index contributed by atoms with van der Waals surface area (Å²) < 4.78 is 10.5. The highest BCUT2D eigenvalue weighted by Gasteiger charge is 2.23. The lowest BCUT2D eigenvalue weighted by Crippen LogP contribution is -2.40. The smallest absolute Gasteiger partial charge is 0.254 e. The van der Waals surface area contributed by atoms with E-state index in [1.807, 2.05) is 13.8 Å². The highest BCUT2D eigenvalue weighted by atomic mass is 35.5. The van der Waals surface area contributed by atoms with Gasteiger partial charge in [-0.1, -0.05) is 11.6 Å². The van der Waals surface area contributed by atoms with Crippen LogP contribution < -0.4 is 14.8 Å². The molecule has 0 radical (unpaired) electrons. The number of likely N-dealkylation sites (N-methyl/N-ethyl adjacent to an activating group) is 2. The average molecular weight is 313 g/mol. The first-order chi connectivity index (χ1) is 10.1. The van der Waals surface area contributed by atoms with E-state index in [1.165, 1.54) is 11.0 Å². The number of carbonyl (C=O) groups excluding carboxylic acids is 2. The molecule has 0 spiro atoms. The maximum atomic E-state index is 12.5. The van der Waals surface area contributed by atoms with Crippen molar-refractivity contribution >= 4 is 23.4 Å². The van der Waals surface area contributed by atoms with Crippen LogP contribution in [0.15, 0.2) is 12.1 Å². The number of nitrogens with zero attached hydrogens (tertiary/aromatic N) is 1. The molecule has 0 saturated heterocycles. The van der Waals surface area contributed by atoms with Gasteiger partial charge in [0.15, 0.2) is 11.5 Å². The van der Waals surface area contributed by atoms with E-state index < -0.39 is 0 Å². The van der Waals surface area contributed by atoms with Crippen molar-refractivity contribution in [1.29, 1.82) is 0 Å². The van der Waals surface area contributed by atoms with E-state index in [9.17, 15) is 9.59 Å². The highest BCUT2D eigenvalue weighted by Crippen LogP contribution is 2.39. The summed E-state index contributed by atoms with van der Waals surface area (Å²) >= 11 is 6.07. The lowest BCUT2D eigenvalue weighted by Gasteiger charge is -2.20. The number of hydrogen-bond acceptors (Lipinski definition) is 4. The van der Waals surface area contributed by atoms with E-state index >= 15 is 0 Å². The van der Waals surface area contributed by atoms with Crippen LogP contribution in [0.25, 0.3) is 0 Å². The van der Waals surface area contributed by atoms with Crippen LogP contribution in [0.2, 0.25) is 5.02 Å². The zero-order valence-corrected chi connectivity index (χ0v) is 12.7. The molecule has 114 valence electrons. The van der Waals surface area contributed by atoms with Crippen molar-refractivity contribution in [3.63, 3.8) is 0 Å². The molecule has 1 aliphatic heterocycles. The Kier molecular flexibility index (Phi) is 4.90. The molecule has 2 rings (SSSR count). The molecule has 7 heteroatoms. The van der Waals surface area contributed by atoms with Gasteiger partial charge in [0.1, 0.15) is 0 Å². The van der Waals surface area contributed by atoms with Gasteiger partial charge in [0.2, 0.25) is 12.7 Å². The van der Waals surface area contributed by atoms with E-state index in [0.717, 1.165) is 0 Å². The lowest BCUT2D eigenvalue weighted by molar-refractivity contribution is -0.121. The van der Waals surface area contributed by atoms with Crippen LogP contribution in [0.4, 0.5) is 0 Å². The van der Waals surface area contributed by atoms with Gasteiger partial charge in [-0.05, 0) is 26.0 Å². The SMILES string of the molecule is CCNC(=O)CN(CC)C(=O)c1cc(Cl)c2c(c1)OCO2. The zero-order valence-electron chi connectivity index (χ0n) is 11.9. The molecule has 6 nitrogen and oxygen atoms in total. The van der Waals surface area contributed by atoms with Gasteiger partial charge in [0.05, 0.1) is 11.6 Å². The predicted octanol–water partition coefficient (Wildman–Crippen LogP) is 1.67. The fraction of sp³-hybridized carbons (Fsp3) is 0.429. The summed E-state index contributed by atoms with van der Waals surface area (Å²) in [6, 6.07) is 3.11. The fourth-order valence-electron chi connectivity index (χ4n) is 2.03. The Hall–Kier alpha value is -1.95. The molecular weight excluding hydrogens is 296 g/mol. The van der Waals surface area contributed by atoms with Crippen LogP contribution in [-0.2, 0) is 4.79 Å². The summed E-state index contributed by atoms with van der Waals surface area (Å²) in [7, 11) is 0. The van der Waals surface area contributed by atoms with E-state index in [0.29, 0.717) is 35.2 Å². The number of halogens is 1. The first-order valence-corrected chi connectivity index (χ1v) is 7.09. The molecule has 0 bridgehead atoms. The number of fused-ring (bicyclic) bond motifs is 1. The topological polar surface area (TPSA) is 67.9 Å². The molecule has 0 atom stereocenters. The second-order valence-corrected chi connectivity index (χ2v) is 4.87. The Morgan fingerprint density at radius 3 is 2.76 bits per heavy atom. The molecule has 0 fully saturated rings. The number of hydrogen-bond donors (Lipinski definition) is 1. The minimum atomic E-state index is -0.274. The largest absolute Gasteiger partial charge is 0.454 e. The van der Waals surface area contributed by atoms with Crippen LogP contribution in [0.1, 0.15) is 24.2 Å². The Morgan fingerprint density at radius 1 is 1.33 bits per heavy atom. The Labute approximate surface area is 128 Å². The summed E-state index contributed by atoms with van der Waals surface area (Å²) in [4.78, 5) is 25.5. The van der Waals surface area contributed by atoms with E-state index in [4.69, 9.17) is 21.1 Å². The maximum Gasteiger partial charge on any atom is 0.254 e. The normalized spacial score (nSPS) is 12.1. The zero-order chi connectivity index (χ0) is 15.4. The average Bonchev–Trinajstić information content (AvgIpc) is 2.93. The fourth-order valence-corrected chi connectivity index (χ4v) is 2.29. The van der Waals surface area contributed by atoms with E-state index in [-0.39, 0.29) is 25.2 Å². The van der Waals surface area contributed by atoms with Crippen LogP contribution in [0, 0.1) is 0 Å². The first kappa shape index (κ1) is 15.4. The molecule has 0 aliphatic carbocycles. The van der Waals surface area contributed by atoms with Crippen molar-refractivity contribution in [2.75, 3.05) is 26.4 Å². The molecule has 1 aromatic rings. The summed E-state index contributed by atoms with van der Waals surface area (Å²) in [5.41, 5.74) is 0.371. The standard InChI is InChI=1S/C14H17ClN2O4/c1-3-16-12(18)7-17(4-2)14(19)9-5-10(15)13-11(6-9)20-8-21-13/h5-6H,3-4,7-8H2,1-2H3,(H,16,18). The molecule has 0 aromatic heterocycles. The van der Waals surface area contributed by atoms with E-state index in [2.05, 4.69) is 5.32 Å². The molecular formula is C14H17ClN2O4. The molecule has 2 amide bonds. The van der Waals surface area contributed by atoms with Gasteiger partial charge in [-0.3, -0.25) is 9.59 Å². The molecule has 0 saturated carbocycles. The van der Waals surface area contributed by atoms with Gasteiger partial charge >= 0.3 is 0 Å². The van der Waals surface area contributed by atoms with Crippen LogP contribution >= 0.6 is 11.6 Å².